The number of fused-ring (bicyclic) bond motifs is 2. The Kier molecular flexibility index (Phi) is 3.74. The fraction of sp³-hybridized carbons (Fsp3) is 0.190. The molecule has 0 radical (unpaired) electrons. The van der Waals surface area contributed by atoms with Crippen LogP contribution >= 0.6 is 0 Å². The van der Waals surface area contributed by atoms with Gasteiger partial charge in [-0.15, -0.1) is 0 Å². The molecule has 0 saturated heterocycles. The molecule has 0 bridgehead atoms. The Bertz CT molecular complexity index is 1080. The van der Waals surface area contributed by atoms with E-state index in [1.807, 2.05) is 54.6 Å². The van der Waals surface area contributed by atoms with Crippen LogP contribution in [0.25, 0.3) is 11.0 Å². The Balaban J connectivity index is 1.53. The van der Waals surface area contributed by atoms with Crippen LogP contribution in [0.15, 0.2) is 54.6 Å². The van der Waals surface area contributed by atoms with Gasteiger partial charge < -0.3 is 10.3 Å². The number of carbonyl (C=O) groups is 1. The summed E-state index contributed by atoms with van der Waals surface area (Å²) in [4.78, 5) is 21.0. The fourth-order valence-electron chi connectivity index (χ4n) is 3.77. The third kappa shape index (κ3) is 2.79. The van der Waals surface area contributed by atoms with Crippen molar-refractivity contribution >= 4 is 16.9 Å². The SMILES string of the molecule is O=C(N[C@@H](c1ccccc1)c1nc2ccccc2[nH]1)c1n[nH]c2c1CCC2. The first-order valence-corrected chi connectivity index (χ1v) is 9.16. The number of aryl methyl sites for hydroxylation is 1. The molecular weight excluding hydrogens is 338 g/mol. The molecule has 0 unspecified atom stereocenters. The molecule has 4 aromatic rings. The standard InChI is InChI=1S/C21H19N5O/c27-21(19-14-9-6-12-15(14)25-26-19)24-18(13-7-2-1-3-8-13)20-22-16-10-4-5-11-17(16)23-20/h1-5,7-8,10-11,18H,6,9,12H2,(H,22,23)(H,24,27)(H,25,26)/t18-/m0/s1. The average molecular weight is 357 g/mol. The predicted octanol–water partition coefficient (Wildman–Crippen LogP) is 3.29. The van der Waals surface area contributed by atoms with E-state index in [0.717, 1.165) is 47.1 Å². The zero-order valence-electron chi connectivity index (χ0n) is 14.7. The zero-order chi connectivity index (χ0) is 18.2. The maximum Gasteiger partial charge on any atom is 0.272 e. The van der Waals surface area contributed by atoms with E-state index in [1.165, 1.54) is 0 Å². The molecule has 134 valence electrons. The number of para-hydroxylation sites is 2. The molecule has 2 aromatic heterocycles. The lowest BCUT2D eigenvalue weighted by Gasteiger charge is -2.17. The van der Waals surface area contributed by atoms with Crippen molar-refractivity contribution in [1.29, 1.82) is 0 Å². The number of carbonyl (C=O) groups excluding carboxylic acids is 1. The van der Waals surface area contributed by atoms with E-state index in [4.69, 9.17) is 4.98 Å². The third-order valence-electron chi connectivity index (χ3n) is 5.11. The molecule has 1 atom stereocenters. The summed E-state index contributed by atoms with van der Waals surface area (Å²) < 4.78 is 0. The van der Waals surface area contributed by atoms with Gasteiger partial charge in [-0.3, -0.25) is 9.89 Å². The Hall–Kier alpha value is -3.41. The molecule has 2 heterocycles. The molecule has 6 heteroatoms. The second-order valence-corrected chi connectivity index (χ2v) is 6.84. The van der Waals surface area contributed by atoms with E-state index in [1.54, 1.807) is 0 Å². The van der Waals surface area contributed by atoms with Crippen molar-refractivity contribution in [2.24, 2.45) is 0 Å². The zero-order valence-corrected chi connectivity index (χ0v) is 14.7. The second kappa shape index (κ2) is 6.39. The van der Waals surface area contributed by atoms with Gasteiger partial charge in [-0.25, -0.2) is 4.98 Å². The lowest BCUT2D eigenvalue weighted by molar-refractivity contribution is 0.0935. The van der Waals surface area contributed by atoms with Gasteiger partial charge in [-0.1, -0.05) is 42.5 Å². The van der Waals surface area contributed by atoms with Gasteiger partial charge in [-0.05, 0) is 37.0 Å². The largest absolute Gasteiger partial charge is 0.340 e. The second-order valence-electron chi connectivity index (χ2n) is 6.84. The van der Waals surface area contributed by atoms with Crippen LogP contribution in [0, 0.1) is 0 Å². The van der Waals surface area contributed by atoms with E-state index >= 15 is 0 Å². The highest BCUT2D eigenvalue weighted by atomic mass is 16.2. The number of aromatic nitrogens is 4. The average Bonchev–Trinajstić information content (AvgIpc) is 3.41. The van der Waals surface area contributed by atoms with Gasteiger partial charge in [0, 0.05) is 11.3 Å². The number of hydrogen-bond acceptors (Lipinski definition) is 3. The van der Waals surface area contributed by atoms with Crippen LogP contribution in [0.2, 0.25) is 0 Å². The summed E-state index contributed by atoms with van der Waals surface area (Å²) in [6.07, 6.45) is 2.92. The van der Waals surface area contributed by atoms with Crippen molar-refractivity contribution in [2.75, 3.05) is 0 Å². The molecule has 2 aromatic carbocycles. The highest BCUT2D eigenvalue weighted by Crippen LogP contribution is 2.26. The molecule has 6 nitrogen and oxygen atoms in total. The quantitative estimate of drug-likeness (QED) is 0.524. The first-order chi connectivity index (χ1) is 13.3. The minimum atomic E-state index is -0.375. The summed E-state index contributed by atoms with van der Waals surface area (Å²) in [5.74, 6) is 0.534. The number of aromatic amines is 2. The van der Waals surface area contributed by atoms with E-state index in [9.17, 15) is 4.79 Å². The van der Waals surface area contributed by atoms with Crippen molar-refractivity contribution < 1.29 is 4.79 Å². The van der Waals surface area contributed by atoms with Crippen molar-refractivity contribution in [1.82, 2.24) is 25.5 Å². The minimum Gasteiger partial charge on any atom is -0.340 e. The molecule has 0 spiro atoms. The van der Waals surface area contributed by atoms with Crippen LogP contribution in [0.5, 0.6) is 0 Å². The van der Waals surface area contributed by atoms with Crippen molar-refractivity contribution in [3.63, 3.8) is 0 Å². The summed E-state index contributed by atoms with van der Waals surface area (Å²) >= 11 is 0. The van der Waals surface area contributed by atoms with Gasteiger partial charge in [0.25, 0.3) is 5.91 Å². The van der Waals surface area contributed by atoms with Gasteiger partial charge in [0.1, 0.15) is 11.9 Å². The van der Waals surface area contributed by atoms with E-state index < -0.39 is 0 Å². The summed E-state index contributed by atoms with van der Waals surface area (Å²) in [5.41, 5.74) is 5.42. The monoisotopic (exact) mass is 357 g/mol. The number of hydrogen-bond donors (Lipinski definition) is 3. The number of nitrogens with zero attached hydrogens (tertiary/aromatic N) is 2. The Morgan fingerprint density at radius 1 is 1.04 bits per heavy atom. The highest BCUT2D eigenvalue weighted by molar-refractivity contribution is 5.94. The van der Waals surface area contributed by atoms with Gasteiger partial charge in [0.05, 0.1) is 11.0 Å². The molecular formula is C21H19N5O. The van der Waals surface area contributed by atoms with Crippen LogP contribution in [0.3, 0.4) is 0 Å². The number of rotatable bonds is 4. The number of amides is 1. The topological polar surface area (TPSA) is 86.5 Å². The molecule has 0 aliphatic heterocycles. The number of nitrogens with one attached hydrogen (secondary N) is 3. The third-order valence-corrected chi connectivity index (χ3v) is 5.11. The van der Waals surface area contributed by atoms with Gasteiger partial charge in [-0.2, -0.15) is 5.10 Å². The molecule has 27 heavy (non-hydrogen) atoms. The molecule has 1 amide bonds. The molecule has 1 aliphatic carbocycles. The highest BCUT2D eigenvalue weighted by Gasteiger charge is 2.27. The Morgan fingerprint density at radius 2 is 1.85 bits per heavy atom. The number of imidazole rings is 1. The predicted molar refractivity (Wildman–Crippen MR) is 102 cm³/mol. The van der Waals surface area contributed by atoms with Gasteiger partial charge in [0.15, 0.2) is 5.69 Å². The van der Waals surface area contributed by atoms with Crippen molar-refractivity contribution in [3.8, 4) is 0 Å². The van der Waals surface area contributed by atoms with Crippen LogP contribution in [-0.2, 0) is 12.8 Å². The Morgan fingerprint density at radius 3 is 2.70 bits per heavy atom. The number of benzene rings is 2. The first-order valence-electron chi connectivity index (χ1n) is 9.16. The summed E-state index contributed by atoms with van der Waals surface area (Å²) in [5, 5.41) is 10.4. The smallest absolute Gasteiger partial charge is 0.272 e. The van der Waals surface area contributed by atoms with E-state index in [0.29, 0.717) is 11.5 Å². The van der Waals surface area contributed by atoms with Crippen molar-refractivity contribution in [2.45, 2.75) is 25.3 Å². The van der Waals surface area contributed by atoms with Crippen LogP contribution < -0.4 is 5.32 Å². The first kappa shape index (κ1) is 15.8. The van der Waals surface area contributed by atoms with Gasteiger partial charge in [0.2, 0.25) is 0 Å². The summed E-state index contributed by atoms with van der Waals surface area (Å²) in [7, 11) is 0. The molecule has 0 fully saturated rings. The molecule has 1 aliphatic rings. The molecule has 3 N–H and O–H groups in total. The van der Waals surface area contributed by atoms with Gasteiger partial charge >= 0.3 is 0 Å². The van der Waals surface area contributed by atoms with Crippen LogP contribution in [-0.4, -0.2) is 26.1 Å². The lowest BCUT2D eigenvalue weighted by Crippen LogP contribution is -2.31. The normalized spacial score (nSPS) is 14.2. The lowest BCUT2D eigenvalue weighted by atomic mass is 10.1. The maximum atomic E-state index is 13.0. The van der Waals surface area contributed by atoms with Crippen LogP contribution in [0.4, 0.5) is 0 Å². The number of H-pyrrole nitrogens is 2. The van der Waals surface area contributed by atoms with Crippen molar-refractivity contribution in [3.05, 3.63) is 82.9 Å². The summed E-state index contributed by atoms with van der Waals surface area (Å²) in [6, 6.07) is 17.4. The fourth-order valence-corrected chi connectivity index (χ4v) is 3.77. The molecule has 0 saturated carbocycles. The molecule has 5 rings (SSSR count). The Labute approximate surface area is 156 Å². The van der Waals surface area contributed by atoms with Crippen LogP contribution in [0.1, 0.15) is 45.6 Å². The summed E-state index contributed by atoms with van der Waals surface area (Å²) in [6.45, 7) is 0. The maximum absolute atomic E-state index is 13.0. The van der Waals surface area contributed by atoms with E-state index in [-0.39, 0.29) is 11.9 Å². The van der Waals surface area contributed by atoms with E-state index in [2.05, 4.69) is 20.5 Å². The minimum absolute atomic E-state index is 0.177.